The number of rotatable bonds is 7. The van der Waals surface area contributed by atoms with Crippen molar-refractivity contribution in [3.63, 3.8) is 0 Å². The van der Waals surface area contributed by atoms with Gasteiger partial charge in [0.1, 0.15) is 0 Å². The molecule has 4 nitrogen and oxygen atoms in total. The maximum absolute atomic E-state index is 11.8. The van der Waals surface area contributed by atoms with Gasteiger partial charge in [0.05, 0.1) is 0 Å². The fourth-order valence-corrected chi connectivity index (χ4v) is 2.60. The minimum Gasteiger partial charge on any atom is -0.348 e. The molecule has 0 spiro atoms. The summed E-state index contributed by atoms with van der Waals surface area (Å²) in [4.78, 5) is 23.7. The summed E-state index contributed by atoms with van der Waals surface area (Å²) >= 11 is 11.7. The van der Waals surface area contributed by atoms with E-state index in [2.05, 4.69) is 24.5 Å². The number of halogens is 2. The summed E-state index contributed by atoms with van der Waals surface area (Å²) in [5.41, 5.74) is 0.399. The van der Waals surface area contributed by atoms with E-state index in [1.807, 2.05) is 0 Å². The predicted molar refractivity (Wildman–Crippen MR) is 91.4 cm³/mol. The normalized spacial score (nSPS) is 11.8. The molecule has 2 N–H and O–H groups in total. The number of carbonyl (C=O) groups excluding carboxylic acids is 2. The highest BCUT2D eigenvalue weighted by Crippen LogP contribution is 2.22. The van der Waals surface area contributed by atoms with Crippen LogP contribution in [0, 0.1) is 5.92 Å². The second-order valence-electron chi connectivity index (χ2n) is 5.24. The van der Waals surface area contributed by atoms with Crippen LogP contribution in [0.4, 0.5) is 5.69 Å². The van der Waals surface area contributed by atoms with Gasteiger partial charge in [-0.15, -0.1) is 0 Å². The zero-order chi connectivity index (χ0) is 16.5. The molecule has 0 aliphatic carbocycles. The number of carbonyl (C=O) groups is 2. The lowest BCUT2D eigenvalue weighted by atomic mass is 9.99. The summed E-state index contributed by atoms with van der Waals surface area (Å²) in [6, 6.07) is 4.63. The van der Waals surface area contributed by atoms with Gasteiger partial charge >= 0.3 is 11.8 Å². The highest BCUT2D eigenvalue weighted by molar-refractivity contribution is 6.40. The van der Waals surface area contributed by atoms with Gasteiger partial charge in [-0.1, -0.05) is 56.3 Å². The third kappa shape index (κ3) is 6.67. The molecule has 0 heterocycles. The number of benzene rings is 1. The lowest BCUT2D eigenvalue weighted by Crippen LogP contribution is -2.38. The molecule has 1 aromatic rings. The largest absolute Gasteiger partial charge is 0.348 e. The van der Waals surface area contributed by atoms with Gasteiger partial charge in [0.25, 0.3) is 0 Å². The van der Waals surface area contributed by atoms with Crippen molar-refractivity contribution in [1.82, 2.24) is 5.32 Å². The zero-order valence-electron chi connectivity index (χ0n) is 12.9. The van der Waals surface area contributed by atoms with Crippen molar-refractivity contribution in [3.05, 3.63) is 28.2 Å². The lowest BCUT2D eigenvalue weighted by molar-refractivity contribution is -0.136. The van der Waals surface area contributed by atoms with Crippen LogP contribution in [0.3, 0.4) is 0 Å². The van der Waals surface area contributed by atoms with Crippen molar-refractivity contribution < 1.29 is 9.59 Å². The Kier molecular flexibility index (Phi) is 8.28. The van der Waals surface area contributed by atoms with Crippen molar-refractivity contribution >= 4 is 40.7 Å². The number of anilines is 1. The van der Waals surface area contributed by atoms with Crippen LogP contribution in [0.25, 0.3) is 0 Å². The summed E-state index contributed by atoms with van der Waals surface area (Å²) in [5.74, 6) is -0.966. The lowest BCUT2D eigenvalue weighted by Gasteiger charge is -2.15. The van der Waals surface area contributed by atoms with E-state index >= 15 is 0 Å². The molecule has 0 bridgehead atoms. The molecule has 0 fully saturated rings. The molecule has 0 saturated heterocycles. The number of amides is 2. The first-order chi connectivity index (χ1) is 10.5. The van der Waals surface area contributed by atoms with E-state index in [0.717, 1.165) is 25.7 Å². The first-order valence-corrected chi connectivity index (χ1v) is 8.27. The van der Waals surface area contributed by atoms with Crippen molar-refractivity contribution in [3.8, 4) is 0 Å². The van der Waals surface area contributed by atoms with Crippen LogP contribution in [-0.2, 0) is 9.59 Å². The summed E-state index contributed by atoms with van der Waals surface area (Å²) in [6.45, 7) is 4.73. The first kappa shape index (κ1) is 18.8. The Morgan fingerprint density at radius 1 is 1.09 bits per heavy atom. The van der Waals surface area contributed by atoms with Gasteiger partial charge in [0.2, 0.25) is 0 Å². The molecule has 2 amide bonds. The molecule has 1 aromatic carbocycles. The van der Waals surface area contributed by atoms with Crippen molar-refractivity contribution in [2.75, 3.05) is 11.9 Å². The molecular weight excluding hydrogens is 323 g/mol. The van der Waals surface area contributed by atoms with Crippen LogP contribution in [-0.4, -0.2) is 18.4 Å². The second kappa shape index (κ2) is 9.70. The Morgan fingerprint density at radius 3 is 2.27 bits per heavy atom. The average Bonchev–Trinajstić information content (AvgIpc) is 2.46. The fourth-order valence-electron chi connectivity index (χ4n) is 2.07. The monoisotopic (exact) mass is 344 g/mol. The van der Waals surface area contributed by atoms with Gasteiger partial charge in [0, 0.05) is 22.3 Å². The van der Waals surface area contributed by atoms with Crippen LogP contribution in [0.1, 0.15) is 39.5 Å². The number of unbranched alkanes of at least 4 members (excludes halogenated alkanes) is 1. The topological polar surface area (TPSA) is 58.2 Å². The zero-order valence-corrected chi connectivity index (χ0v) is 14.4. The Hall–Kier alpha value is -1.26. The molecule has 6 heteroatoms. The van der Waals surface area contributed by atoms with Crippen molar-refractivity contribution in [1.29, 1.82) is 0 Å². The van der Waals surface area contributed by atoms with Crippen molar-refractivity contribution in [2.24, 2.45) is 5.92 Å². The molecule has 0 saturated carbocycles. The number of hydrogen-bond donors (Lipinski definition) is 2. The molecule has 22 heavy (non-hydrogen) atoms. The predicted octanol–water partition coefficient (Wildman–Crippen LogP) is 4.26. The van der Waals surface area contributed by atoms with Gasteiger partial charge < -0.3 is 10.6 Å². The standard InChI is InChI=1S/C16H22Cl2N2O2/c1-3-5-6-11(4-2)10-19-15(21)16(22)20-14-8-12(17)7-13(18)9-14/h7-9,11H,3-6,10H2,1-2H3,(H,19,21)(H,20,22)/t11-/m1/s1. The Balaban J connectivity index is 2.49. The summed E-state index contributed by atoms with van der Waals surface area (Å²) < 4.78 is 0. The first-order valence-electron chi connectivity index (χ1n) is 7.51. The van der Waals surface area contributed by atoms with Gasteiger partial charge in [-0.3, -0.25) is 9.59 Å². The molecule has 0 aliphatic heterocycles. The van der Waals surface area contributed by atoms with E-state index in [0.29, 0.717) is 28.2 Å². The van der Waals surface area contributed by atoms with E-state index in [9.17, 15) is 9.59 Å². The van der Waals surface area contributed by atoms with Crippen LogP contribution in [0.15, 0.2) is 18.2 Å². The molecule has 1 atom stereocenters. The maximum Gasteiger partial charge on any atom is 0.313 e. The highest BCUT2D eigenvalue weighted by atomic mass is 35.5. The van der Waals surface area contributed by atoms with E-state index in [4.69, 9.17) is 23.2 Å². The molecule has 0 radical (unpaired) electrons. The van der Waals surface area contributed by atoms with E-state index in [1.54, 1.807) is 6.07 Å². The smallest absolute Gasteiger partial charge is 0.313 e. The SMILES string of the molecule is CCCC[C@@H](CC)CNC(=O)C(=O)Nc1cc(Cl)cc(Cl)c1. The van der Waals surface area contributed by atoms with Gasteiger partial charge in [-0.05, 0) is 30.5 Å². The minimum absolute atomic E-state index is 0.397. The van der Waals surface area contributed by atoms with Gasteiger partial charge in [0.15, 0.2) is 0 Å². The number of nitrogens with one attached hydrogen (secondary N) is 2. The molecular formula is C16H22Cl2N2O2. The quantitative estimate of drug-likeness (QED) is 0.725. The van der Waals surface area contributed by atoms with E-state index < -0.39 is 11.8 Å². The Morgan fingerprint density at radius 2 is 1.73 bits per heavy atom. The second-order valence-corrected chi connectivity index (χ2v) is 6.11. The molecule has 122 valence electrons. The Labute approximate surface area is 141 Å². The van der Waals surface area contributed by atoms with Crippen molar-refractivity contribution in [2.45, 2.75) is 39.5 Å². The van der Waals surface area contributed by atoms with Gasteiger partial charge in [-0.2, -0.15) is 0 Å². The molecule has 0 aromatic heterocycles. The fraction of sp³-hybridized carbons (Fsp3) is 0.500. The molecule has 1 rings (SSSR count). The van der Waals surface area contributed by atoms with Gasteiger partial charge in [-0.25, -0.2) is 0 Å². The minimum atomic E-state index is -0.719. The highest BCUT2D eigenvalue weighted by Gasteiger charge is 2.15. The third-order valence-corrected chi connectivity index (χ3v) is 3.86. The maximum atomic E-state index is 11.8. The Bertz CT molecular complexity index is 501. The van der Waals surface area contributed by atoms with Crippen LogP contribution in [0.2, 0.25) is 10.0 Å². The summed E-state index contributed by atoms with van der Waals surface area (Å²) in [5, 5.41) is 5.96. The van der Waals surface area contributed by atoms with Crippen LogP contribution >= 0.6 is 23.2 Å². The van der Waals surface area contributed by atoms with E-state index in [1.165, 1.54) is 12.1 Å². The van der Waals surface area contributed by atoms with E-state index in [-0.39, 0.29) is 0 Å². The summed E-state index contributed by atoms with van der Waals surface area (Å²) in [7, 11) is 0. The third-order valence-electron chi connectivity index (χ3n) is 3.42. The van der Waals surface area contributed by atoms with Crippen LogP contribution in [0.5, 0.6) is 0 Å². The summed E-state index contributed by atoms with van der Waals surface area (Å²) in [6.07, 6.45) is 4.28. The van der Waals surface area contributed by atoms with Crippen LogP contribution < -0.4 is 10.6 Å². The average molecular weight is 345 g/mol. The number of hydrogen-bond acceptors (Lipinski definition) is 2. The molecule has 0 aliphatic rings. The molecule has 0 unspecified atom stereocenters.